The van der Waals surface area contributed by atoms with Crippen LogP contribution in [0.15, 0.2) is 59.6 Å². The van der Waals surface area contributed by atoms with Crippen molar-refractivity contribution in [3.63, 3.8) is 0 Å². The van der Waals surface area contributed by atoms with Gasteiger partial charge in [-0.3, -0.25) is 9.36 Å². The van der Waals surface area contributed by atoms with Crippen LogP contribution in [-0.4, -0.2) is 30.6 Å². The number of ether oxygens (including phenoxy) is 1. The average molecular weight is 402 g/mol. The quantitative estimate of drug-likeness (QED) is 0.521. The van der Waals surface area contributed by atoms with Gasteiger partial charge in [-0.05, 0) is 44.0 Å². The minimum absolute atomic E-state index is 0.278. The predicted octanol–water partition coefficient (Wildman–Crippen LogP) is 3.88. The van der Waals surface area contributed by atoms with Crippen LogP contribution >= 0.6 is 0 Å². The molecule has 1 aliphatic carbocycles. The summed E-state index contributed by atoms with van der Waals surface area (Å²) in [7, 11) is 0. The van der Waals surface area contributed by atoms with Gasteiger partial charge in [-0.15, -0.1) is 0 Å². The van der Waals surface area contributed by atoms with Crippen molar-refractivity contribution in [1.29, 1.82) is 0 Å². The molecule has 1 amide bonds. The standard InChI is InChI=1S/C21H18N6O3/c1-13-22-8-9-27(13)19-11-20(24-12-23-19)29-16-6-4-15(5-7-16)25-21(28)17-10-18(30-26-17)14-2-3-14/h4-12,14H,2-3H2,1H3,(H,25,28). The number of nitrogens with zero attached hydrogens (tertiary/aromatic N) is 5. The topological polar surface area (TPSA) is 108 Å². The lowest BCUT2D eigenvalue weighted by atomic mass is 10.2. The molecule has 9 nitrogen and oxygen atoms in total. The summed E-state index contributed by atoms with van der Waals surface area (Å²) in [4.78, 5) is 24.9. The molecule has 0 aliphatic heterocycles. The smallest absolute Gasteiger partial charge is 0.277 e. The van der Waals surface area contributed by atoms with Crippen molar-refractivity contribution >= 4 is 11.6 Å². The van der Waals surface area contributed by atoms with Gasteiger partial charge in [0, 0.05) is 36.1 Å². The van der Waals surface area contributed by atoms with Crippen LogP contribution in [0, 0.1) is 6.92 Å². The zero-order chi connectivity index (χ0) is 20.5. The SMILES string of the molecule is Cc1nccn1-c1cc(Oc2ccc(NC(=O)c3cc(C4CC4)on3)cc2)ncn1. The summed E-state index contributed by atoms with van der Waals surface area (Å²) in [5, 5.41) is 6.65. The third kappa shape index (κ3) is 3.77. The molecule has 1 fully saturated rings. The molecule has 3 heterocycles. The van der Waals surface area contributed by atoms with Crippen molar-refractivity contribution in [1.82, 2.24) is 24.7 Å². The Bertz CT molecular complexity index is 1190. The number of benzene rings is 1. The molecule has 1 aromatic carbocycles. The normalized spacial score (nSPS) is 13.2. The molecule has 30 heavy (non-hydrogen) atoms. The highest BCUT2D eigenvalue weighted by molar-refractivity contribution is 6.02. The van der Waals surface area contributed by atoms with Crippen LogP contribution in [0.2, 0.25) is 0 Å². The Morgan fingerprint density at radius 3 is 2.73 bits per heavy atom. The van der Waals surface area contributed by atoms with E-state index in [2.05, 4.69) is 25.4 Å². The Kier molecular flexibility index (Phi) is 4.47. The van der Waals surface area contributed by atoms with Gasteiger partial charge in [0.2, 0.25) is 5.88 Å². The molecule has 9 heteroatoms. The zero-order valence-corrected chi connectivity index (χ0v) is 16.1. The second-order valence-electron chi connectivity index (χ2n) is 7.03. The van der Waals surface area contributed by atoms with Crippen LogP contribution in [-0.2, 0) is 0 Å². The highest BCUT2D eigenvalue weighted by Crippen LogP contribution is 2.40. The minimum atomic E-state index is -0.310. The van der Waals surface area contributed by atoms with E-state index in [-0.39, 0.29) is 11.6 Å². The molecule has 0 bridgehead atoms. The fourth-order valence-electron chi connectivity index (χ4n) is 3.02. The lowest BCUT2D eigenvalue weighted by molar-refractivity contribution is 0.101. The molecule has 0 atom stereocenters. The van der Waals surface area contributed by atoms with Crippen LogP contribution in [0.3, 0.4) is 0 Å². The van der Waals surface area contributed by atoms with E-state index in [1.807, 2.05) is 17.7 Å². The van der Waals surface area contributed by atoms with Crippen LogP contribution < -0.4 is 10.1 Å². The van der Waals surface area contributed by atoms with Crippen LogP contribution in [0.1, 0.15) is 40.8 Å². The van der Waals surface area contributed by atoms with Crippen molar-refractivity contribution in [2.75, 3.05) is 5.32 Å². The van der Waals surface area contributed by atoms with E-state index >= 15 is 0 Å². The first-order valence-corrected chi connectivity index (χ1v) is 9.54. The number of aromatic nitrogens is 5. The first kappa shape index (κ1) is 18.0. The maximum absolute atomic E-state index is 12.3. The van der Waals surface area contributed by atoms with Gasteiger partial charge in [0.1, 0.15) is 29.5 Å². The van der Waals surface area contributed by atoms with Gasteiger partial charge in [0.05, 0.1) is 0 Å². The summed E-state index contributed by atoms with van der Waals surface area (Å²) in [6.45, 7) is 1.89. The number of rotatable bonds is 6. The zero-order valence-electron chi connectivity index (χ0n) is 16.1. The fourth-order valence-corrected chi connectivity index (χ4v) is 3.02. The number of aryl methyl sites for hydroxylation is 1. The van der Waals surface area contributed by atoms with E-state index < -0.39 is 0 Å². The fraction of sp³-hybridized carbons (Fsp3) is 0.190. The molecule has 1 saturated carbocycles. The maximum atomic E-state index is 12.3. The molecular formula is C21H18N6O3. The van der Waals surface area contributed by atoms with Gasteiger partial charge in [-0.25, -0.2) is 15.0 Å². The third-order valence-electron chi connectivity index (χ3n) is 4.78. The van der Waals surface area contributed by atoms with Gasteiger partial charge in [-0.2, -0.15) is 0 Å². The molecule has 1 aliphatic rings. The lowest BCUT2D eigenvalue weighted by Gasteiger charge is -2.08. The van der Waals surface area contributed by atoms with E-state index in [4.69, 9.17) is 9.26 Å². The number of imidazole rings is 1. The monoisotopic (exact) mass is 402 g/mol. The minimum Gasteiger partial charge on any atom is -0.439 e. The second kappa shape index (κ2) is 7.43. The molecule has 0 unspecified atom stereocenters. The van der Waals surface area contributed by atoms with Crippen molar-refractivity contribution in [3.8, 4) is 17.4 Å². The first-order chi connectivity index (χ1) is 14.7. The lowest BCUT2D eigenvalue weighted by Crippen LogP contribution is -2.12. The van der Waals surface area contributed by atoms with Gasteiger partial charge in [-0.1, -0.05) is 5.16 Å². The Morgan fingerprint density at radius 2 is 2.00 bits per heavy atom. The predicted molar refractivity (Wildman–Crippen MR) is 107 cm³/mol. The van der Waals surface area contributed by atoms with Crippen LogP contribution in [0.4, 0.5) is 5.69 Å². The van der Waals surface area contributed by atoms with Crippen LogP contribution in [0.25, 0.3) is 5.82 Å². The summed E-state index contributed by atoms with van der Waals surface area (Å²) in [5.74, 6) is 3.34. The molecule has 3 aromatic heterocycles. The Balaban J connectivity index is 1.25. The molecular weight excluding hydrogens is 384 g/mol. The van der Waals surface area contributed by atoms with E-state index in [1.165, 1.54) is 6.33 Å². The van der Waals surface area contributed by atoms with E-state index in [0.29, 0.717) is 29.1 Å². The van der Waals surface area contributed by atoms with Crippen molar-refractivity contribution in [2.45, 2.75) is 25.7 Å². The number of carbonyl (C=O) groups excluding carboxylic acids is 1. The number of hydrogen-bond acceptors (Lipinski definition) is 7. The van der Waals surface area contributed by atoms with Gasteiger partial charge in [0.15, 0.2) is 5.69 Å². The molecule has 0 radical (unpaired) electrons. The van der Waals surface area contributed by atoms with E-state index in [0.717, 1.165) is 24.4 Å². The number of anilines is 1. The van der Waals surface area contributed by atoms with E-state index in [9.17, 15) is 4.79 Å². The number of hydrogen-bond donors (Lipinski definition) is 1. The summed E-state index contributed by atoms with van der Waals surface area (Å²) >= 11 is 0. The maximum Gasteiger partial charge on any atom is 0.277 e. The third-order valence-corrected chi connectivity index (χ3v) is 4.78. The second-order valence-corrected chi connectivity index (χ2v) is 7.03. The molecule has 0 spiro atoms. The van der Waals surface area contributed by atoms with Crippen molar-refractivity contribution in [3.05, 3.63) is 72.4 Å². The van der Waals surface area contributed by atoms with Gasteiger partial charge >= 0.3 is 0 Å². The number of nitrogens with one attached hydrogen (secondary N) is 1. The molecule has 150 valence electrons. The summed E-state index contributed by atoms with van der Waals surface area (Å²) < 4.78 is 12.9. The van der Waals surface area contributed by atoms with E-state index in [1.54, 1.807) is 42.6 Å². The molecule has 0 saturated heterocycles. The Hall–Kier alpha value is -4.01. The Labute approximate surface area is 171 Å². The van der Waals surface area contributed by atoms with Gasteiger partial charge < -0.3 is 14.6 Å². The van der Waals surface area contributed by atoms with Crippen molar-refractivity contribution in [2.24, 2.45) is 0 Å². The highest BCUT2D eigenvalue weighted by atomic mass is 16.5. The Morgan fingerprint density at radius 1 is 1.17 bits per heavy atom. The highest BCUT2D eigenvalue weighted by Gasteiger charge is 2.28. The summed E-state index contributed by atoms with van der Waals surface area (Å²) in [5.41, 5.74) is 0.904. The molecule has 5 rings (SSSR count). The molecule has 1 N–H and O–H groups in total. The summed E-state index contributed by atoms with van der Waals surface area (Å²) in [6, 6.07) is 10.4. The van der Waals surface area contributed by atoms with Gasteiger partial charge in [0.25, 0.3) is 5.91 Å². The average Bonchev–Trinajstić information content (AvgIpc) is 3.32. The van der Waals surface area contributed by atoms with Crippen LogP contribution in [0.5, 0.6) is 11.6 Å². The van der Waals surface area contributed by atoms with Crippen molar-refractivity contribution < 1.29 is 14.1 Å². The number of amides is 1. The number of carbonyl (C=O) groups is 1. The molecule has 4 aromatic rings. The first-order valence-electron chi connectivity index (χ1n) is 9.54. The largest absolute Gasteiger partial charge is 0.439 e. The summed E-state index contributed by atoms with van der Waals surface area (Å²) in [6.07, 6.45) is 7.14.